The van der Waals surface area contributed by atoms with Crippen molar-refractivity contribution in [1.29, 1.82) is 0 Å². The van der Waals surface area contributed by atoms with Gasteiger partial charge in [-0.15, -0.1) is 0 Å². The molecule has 0 amide bonds. The Kier molecular flexibility index (Phi) is 7.76. The Morgan fingerprint density at radius 2 is 2.19 bits per heavy atom. The summed E-state index contributed by atoms with van der Waals surface area (Å²) in [6, 6.07) is 4.10. The van der Waals surface area contributed by atoms with E-state index in [2.05, 4.69) is 16.4 Å². The molecule has 2 N–H and O–H groups in total. The van der Waals surface area contributed by atoms with Crippen molar-refractivity contribution in [3.05, 3.63) is 24.0 Å². The molecule has 0 aliphatic carbocycles. The van der Waals surface area contributed by atoms with Gasteiger partial charge in [0.1, 0.15) is 0 Å². The summed E-state index contributed by atoms with van der Waals surface area (Å²) in [5.74, 6) is 0. The third-order valence-electron chi connectivity index (χ3n) is 2.30. The molecule has 1 aromatic heterocycles. The smallest absolute Gasteiger partial charge is 0.0700 e. The van der Waals surface area contributed by atoms with Gasteiger partial charge in [0.15, 0.2) is 0 Å². The lowest BCUT2D eigenvalue weighted by Gasteiger charge is -2.04. The first-order chi connectivity index (χ1) is 7.93. The second kappa shape index (κ2) is 9.39. The number of aromatic nitrogens is 1. The van der Waals surface area contributed by atoms with Crippen LogP contribution < -0.4 is 5.32 Å². The van der Waals surface area contributed by atoms with Crippen molar-refractivity contribution in [2.75, 3.05) is 33.5 Å². The van der Waals surface area contributed by atoms with Crippen LogP contribution in [0.1, 0.15) is 18.5 Å². The normalized spacial score (nSPS) is 10.8. The van der Waals surface area contributed by atoms with Crippen LogP contribution >= 0.6 is 0 Å². The van der Waals surface area contributed by atoms with Gasteiger partial charge in [0.05, 0.1) is 13.2 Å². The molecule has 0 radical (unpaired) electrons. The lowest BCUT2D eigenvalue weighted by Crippen LogP contribution is -2.15. The van der Waals surface area contributed by atoms with Crippen LogP contribution in [0.15, 0.2) is 18.3 Å². The van der Waals surface area contributed by atoms with Crippen LogP contribution in [0, 0.1) is 0 Å². The maximum atomic E-state index is 5.37. The maximum Gasteiger partial charge on any atom is 0.0700 e. The van der Waals surface area contributed by atoms with Crippen LogP contribution in [-0.4, -0.2) is 38.5 Å². The van der Waals surface area contributed by atoms with E-state index in [1.807, 2.05) is 12.3 Å². The lowest BCUT2D eigenvalue weighted by molar-refractivity contribution is 0.0688. The summed E-state index contributed by atoms with van der Waals surface area (Å²) in [4.78, 5) is 3.16. The molecule has 0 spiro atoms. The number of H-pyrrole nitrogens is 1. The average Bonchev–Trinajstić information content (AvgIpc) is 2.80. The summed E-state index contributed by atoms with van der Waals surface area (Å²) in [7, 11) is 1.69. The highest BCUT2D eigenvalue weighted by atomic mass is 16.5. The molecule has 1 heterocycles. The highest BCUT2D eigenvalue weighted by molar-refractivity contribution is 5.02. The van der Waals surface area contributed by atoms with Gasteiger partial charge in [0.25, 0.3) is 0 Å². The minimum Gasteiger partial charge on any atom is -0.382 e. The molecule has 0 fully saturated rings. The summed E-state index contributed by atoms with van der Waals surface area (Å²) >= 11 is 0. The van der Waals surface area contributed by atoms with E-state index in [0.29, 0.717) is 13.2 Å². The Bertz CT molecular complexity index is 237. The number of unbranched alkanes of at least 4 members (excludes halogenated alkanes) is 1. The Balaban J connectivity index is 1.78. The number of hydrogen-bond acceptors (Lipinski definition) is 3. The molecule has 0 saturated carbocycles. The van der Waals surface area contributed by atoms with Crippen molar-refractivity contribution in [3.8, 4) is 0 Å². The zero-order chi connectivity index (χ0) is 11.5. The van der Waals surface area contributed by atoms with Crippen LogP contribution in [0.2, 0.25) is 0 Å². The fourth-order valence-corrected chi connectivity index (χ4v) is 1.40. The van der Waals surface area contributed by atoms with Gasteiger partial charge in [-0.3, -0.25) is 0 Å². The van der Waals surface area contributed by atoms with E-state index < -0.39 is 0 Å². The Labute approximate surface area is 97.3 Å². The molecule has 4 nitrogen and oxygen atoms in total. The third kappa shape index (κ3) is 6.61. The standard InChI is InChI=1S/C12H22N2O2/c1-15-9-10-16-8-3-2-6-13-11-12-5-4-7-14-12/h4-5,7,13-14H,2-3,6,8-11H2,1H3. The number of nitrogens with one attached hydrogen (secondary N) is 2. The molecule has 0 unspecified atom stereocenters. The molecular weight excluding hydrogens is 204 g/mol. The van der Waals surface area contributed by atoms with Gasteiger partial charge in [-0.1, -0.05) is 0 Å². The van der Waals surface area contributed by atoms with Gasteiger partial charge >= 0.3 is 0 Å². The molecule has 0 saturated heterocycles. The van der Waals surface area contributed by atoms with E-state index in [9.17, 15) is 0 Å². The molecule has 0 aromatic carbocycles. The fraction of sp³-hybridized carbons (Fsp3) is 0.667. The zero-order valence-corrected chi connectivity index (χ0v) is 10.00. The highest BCUT2D eigenvalue weighted by Gasteiger charge is 1.92. The van der Waals surface area contributed by atoms with Gasteiger partial charge in [-0.05, 0) is 31.5 Å². The maximum absolute atomic E-state index is 5.37. The molecule has 4 heteroatoms. The molecule has 0 aliphatic heterocycles. The Morgan fingerprint density at radius 1 is 1.25 bits per heavy atom. The second-order valence-corrected chi connectivity index (χ2v) is 3.68. The van der Waals surface area contributed by atoms with Crippen molar-refractivity contribution in [1.82, 2.24) is 10.3 Å². The molecule has 0 aliphatic rings. The lowest BCUT2D eigenvalue weighted by atomic mass is 10.3. The van der Waals surface area contributed by atoms with Crippen molar-refractivity contribution in [2.24, 2.45) is 0 Å². The predicted molar refractivity (Wildman–Crippen MR) is 64.4 cm³/mol. The largest absolute Gasteiger partial charge is 0.382 e. The zero-order valence-electron chi connectivity index (χ0n) is 10.00. The number of ether oxygens (including phenoxy) is 2. The van der Waals surface area contributed by atoms with E-state index in [0.717, 1.165) is 32.5 Å². The number of aromatic amines is 1. The van der Waals surface area contributed by atoms with Crippen LogP contribution in [-0.2, 0) is 16.0 Å². The SMILES string of the molecule is COCCOCCCCNCc1ccc[nH]1. The molecule has 92 valence electrons. The van der Waals surface area contributed by atoms with Gasteiger partial charge < -0.3 is 19.8 Å². The minimum absolute atomic E-state index is 0.686. The summed E-state index contributed by atoms with van der Waals surface area (Å²) in [5, 5.41) is 3.38. The summed E-state index contributed by atoms with van der Waals surface area (Å²) in [6.07, 6.45) is 4.19. The number of methoxy groups -OCH3 is 1. The van der Waals surface area contributed by atoms with E-state index >= 15 is 0 Å². The Hall–Kier alpha value is -0.840. The molecule has 0 atom stereocenters. The average molecular weight is 226 g/mol. The monoisotopic (exact) mass is 226 g/mol. The highest BCUT2D eigenvalue weighted by Crippen LogP contribution is 1.94. The molecular formula is C12H22N2O2. The van der Waals surface area contributed by atoms with Gasteiger partial charge in [-0.2, -0.15) is 0 Å². The second-order valence-electron chi connectivity index (χ2n) is 3.68. The summed E-state index contributed by atoms with van der Waals surface area (Å²) in [5.41, 5.74) is 1.23. The van der Waals surface area contributed by atoms with Gasteiger partial charge in [-0.25, -0.2) is 0 Å². The van der Waals surface area contributed by atoms with Crippen molar-refractivity contribution < 1.29 is 9.47 Å². The quantitative estimate of drug-likeness (QED) is 0.595. The van der Waals surface area contributed by atoms with Crippen LogP contribution in [0.5, 0.6) is 0 Å². The van der Waals surface area contributed by atoms with E-state index in [-0.39, 0.29) is 0 Å². The molecule has 1 aromatic rings. The molecule has 1 rings (SSSR count). The van der Waals surface area contributed by atoms with Gasteiger partial charge in [0.2, 0.25) is 0 Å². The van der Waals surface area contributed by atoms with Crippen molar-refractivity contribution in [2.45, 2.75) is 19.4 Å². The van der Waals surface area contributed by atoms with Crippen molar-refractivity contribution >= 4 is 0 Å². The fourth-order valence-electron chi connectivity index (χ4n) is 1.40. The third-order valence-corrected chi connectivity index (χ3v) is 2.30. The minimum atomic E-state index is 0.686. The molecule has 0 bridgehead atoms. The first-order valence-electron chi connectivity index (χ1n) is 5.83. The van der Waals surface area contributed by atoms with E-state index in [1.54, 1.807) is 7.11 Å². The molecule has 16 heavy (non-hydrogen) atoms. The van der Waals surface area contributed by atoms with Crippen LogP contribution in [0.25, 0.3) is 0 Å². The summed E-state index contributed by atoms with van der Waals surface area (Å²) < 4.78 is 10.3. The first-order valence-corrected chi connectivity index (χ1v) is 5.83. The first kappa shape index (κ1) is 13.2. The van der Waals surface area contributed by atoms with Crippen LogP contribution in [0.3, 0.4) is 0 Å². The topological polar surface area (TPSA) is 46.3 Å². The predicted octanol–water partition coefficient (Wildman–Crippen LogP) is 1.55. The van der Waals surface area contributed by atoms with E-state index in [4.69, 9.17) is 9.47 Å². The summed E-state index contributed by atoms with van der Waals surface area (Å²) in [6.45, 7) is 4.16. The van der Waals surface area contributed by atoms with Gasteiger partial charge in [0, 0.05) is 32.2 Å². The number of rotatable bonds is 10. The number of hydrogen-bond donors (Lipinski definition) is 2. The van der Waals surface area contributed by atoms with E-state index in [1.165, 1.54) is 5.69 Å². The van der Waals surface area contributed by atoms with Crippen molar-refractivity contribution in [3.63, 3.8) is 0 Å². The Morgan fingerprint density at radius 3 is 2.94 bits per heavy atom. The van der Waals surface area contributed by atoms with Crippen LogP contribution in [0.4, 0.5) is 0 Å².